The first kappa shape index (κ1) is 14.0. The minimum atomic E-state index is -0.0952. The van der Waals surface area contributed by atoms with Crippen LogP contribution in [0.15, 0.2) is 0 Å². The second-order valence-corrected chi connectivity index (χ2v) is 5.35. The molecule has 0 aliphatic rings. The molecule has 14 heavy (non-hydrogen) atoms. The molecular weight excluding hydrogens is 172 g/mol. The van der Waals surface area contributed by atoms with Crippen LogP contribution in [0.4, 0.5) is 0 Å². The molecule has 2 unspecified atom stereocenters. The summed E-state index contributed by atoms with van der Waals surface area (Å²) in [6, 6.07) is 0. The van der Waals surface area contributed by atoms with Crippen LogP contribution in [0.5, 0.6) is 0 Å². The van der Waals surface area contributed by atoms with Gasteiger partial charge in [0, 0.05) is 0 Å². The smallest absolute Gasteiger partial charge is 0.0568 e. The third-order valence-corrected chi connectivity index (χ3v) is 3.19. The number of hydrogen-bond acceptors (Lipinski definition) is 1. The lowest BCUT2D eigenvalue weighted by Gasteiger charge is -2.22. The molecule has 0 amide bonds. The van der Waals surface area contributed by atoms with Crippen LogP contribution in [0.25, 0.3) is 0 Å². The summed E-state index contributed by atoms with van der Waals surface area (Å²) in [4.78, 5) is 0. The Morgan fingerprint density at radius 2 is 1.36 bits per heavy atom. The molecule has 0 aromatic carbocycles. The Labute approximate surface area is 89.9 Å². The highest BCUT2D eigenvalue weighted by Crippen LogP contribution is 2.19. The quantitative estimate of drug-likeness (QED) is 0.619. The van der Waals surface area contributed by atoms with Crippen molar-refractivity contribution in [3.63, 3.8) is 0 Å². The average molecular weight is 200 g/mol. The van der Waals surface area contributed by atoms with Gasteiger partial charge >= 0.3 is 0 Å². The Kier molecular flexibility index (Phi) is 7.26. The van der Waals surface area contributed by atoms with Gasteiger partial charge in [-0.25, -0.2) is 0 Å². The van der Waals surface area contributed by atoms with Crippen LogP contribution in [-0.2, 0) is 0 Å². The van der Waals surface area contributed by atoms with E-state index in [0.717, 1.165) is 12.3 Å². The monoisotopic (exact) mass is 200 g/mol. The highest BCUT2D eigenvalue weighted by Gasteiger charge is 2.16. The minimum Gasteiger partial charge on any atom is -0.393 e. The number of aliphatic hydroxyl groups excluding tert-OH is 1. The summed E-state index contributed by atoms with van der Waals surface area (Å²) in [5.74, 6) is 1.83. The van der Waals surface area contributed by atoms with Crippen LogP contribution in [0.1, 0.15) is 60.3 Å². The summed E-state index contributed by atoms with van der Waals surface area (Å²) >= 11 is 0. The van der Waals surface area contributed by atoms with Gasteiger partial charge in [-0.3, -0.25) is 0 Å². The van der Waals surface area contributed by atoms with Gasteiger partial charge in [-0.05, 0) is 24.2 Å². The van der Waals surface area contributed by atoms with E-state index in [2.05, 4.69) is 34.6 Å². The normalized spacial score (nSPS) is 16.3. The highest BCUT2D eigenvalue weighted by molar-refractivity contribution is 4.67. The van der Waals surface area contributed by atoms with Crippen LogP contribution in [0.2, 0.25) is 0 Å². The zero-order chi connectivity index (χ0) is 11.1. The Hall–Kier alpha value is -0.0400. The summed E-state index contributed by atoms with van der Waals surface area (Å²) in [5, 5.41) is 9.85. The zero-order valence-corrected chi connectivity index (χ0v) is 10.6. The van der Waals surface area contributed by atoms with Crippen molar-refractivity contribution in [1.29, 1.82) is 0 Å². The third-order valence-electron chi connectivity index (χ3n) is 3.19. The van der Waals surface area contributed by atoms with Crippen molar-refractivity contribution >= 4 is 0 Å². The van der Waals surface area contributed by atoms with Crippen molar-refractivity contribution in [1.82, 2.24) is 0 Å². The first-order valence-electron chi connectivity index (χ1n) is 6.13. The van der Waals surface area contributed by atoms with Crippen LogP contribution >= 0.6 is 0 Å². The molecule has 0 aromatic heterocycles. The van der Waals surface area contributed by atoms with Gasteiger partial charge in [-0.1, -0.05) is 53.9 Å². The molecule has 0 saturated heterocycles. The topological polar surface area (TPSA) is 20.2 Å². The molecule has 2 atom stereocenters. The lowest BCUT2D eigenvalue weighted by atomic mass is 9.89. The van der Waals surface area contributed by atoms with E-state index in [-0.39, 0.29) is 6.10 Å². The number of unbranched alkanes of at least 4 members (excludes halogenated alkanes) is 1. The standard InChI is InChI=1S/C13H28O/c1-10(2)8-6-7-9-13(14)12(5)11(3)4/h10-14H,6-9H2,1-5H3. The van der Waals surface area contributed by atoms with E-state index in [0.29, 0.717) is 11.8 Å². The Balaban J connectivity index is 3.48. The van der Waals surface area contributed by atoms with Crippen LogP contribution in [0.3, 0.4) is 0 Å². The molecule has 0 aromatic rings. The van der Waals surface area contributed by atoms with E-state index in [4.69, 9.17) is 0 Å². The summed E-state index contributed by atoms with van der Waals surface area (Å²) in [6.07, 6.45) is 4.62. The number of hydrogen-bond donors (Lipinski definition) is 1. The summed E-state index contributed by atoms with van der Waals surface area (Å²) in [5.41, 5.74) is 0. The fourth-order valence-corrected chi connectivity index (χ4v) is 1.61. The maximum atomic E-state index is 9.85. The van der Waals surface area contributed by atoms with Gasteiger partial charge in [-0.2, -0.15) is 0 Å². The van der Waals surface area contributed by atoms with Gasteiger partial charge < -0.3 is 5.11 Å². The van der Waals surface area contributed by atoms with Crippen molar-refractivity contribution in [2.45, 2.75) is 66.4 Å². The summed E-state index contributed by atoms with van der Waals surface area (Å²) in [7, 11) is 0. The van der Waals surface area contributed by atoms with Gasteiger partial charge in [-0.15, -0.1) is 0 Å². The van der Waals surface area contributed by atoms with E-state index in [9.17, 15) is 5.11 Å². The Morgan fingerprint density at radius 1 is 0.857 bits per heavy atom. The van der Waals surface area contributed by atoms with Gasteiger partial charge in [0.25, 0.3) is 0 Å². The SMILES string of the molecule is CC(C)CCCCC(O)C(C)C(C)C. The molecule has 0 saturated carbocycles. The van der Waals surface area contributed by atoms with Crippen LogP contribution in [0, 0.1) is 17.8 Å². The highest BCUT2D eigenvalue weighted by atomic mass is 16.3. The number of rotatable bonds is 7. The lowest BCUT2D eigenvalue weighted by molar-refractivity contribution is 0.0811. The molecule has 0 heterocycles. The Morgan fingerprint density at radius 3 is 1.79 bits per heavy atom. The molecule has 0 radical (unpaired) electrons. The fourth-order valence-electron chi connectivity index (χ4n) is 1.61. The van der Waals surface area contributed by atoms with Crippen molar-refractivity contribution in [2.24, 2.45) is 17.8 Å². The molecule has 0 rings (SSSR count). The van der Waals surface area contributed by atoms with Crippen LogP contribution in [-0.4, -0.2) is 11.2 Å². The van der Waals surface area contributed by atoms with Gasteiger partial charge in [0.2, 0.25) is 0 Å². The molecule has 0 aliphatic heterocycles. The van der Waals surface area contributed by atoms with E-state index in [1.165, 1.54) is 19.3 Å². The minimum absolute atomic E-state index is 0.0952. The third kappa shape index (κ3) is 6.42. The molecule has 0 fully saturated rings. The largest absolute Gasteiger partial charge is 0.393 e. The predicted molar refractivity (Wildman–Crippen MR) is 63.3 cm³/mol. The molecule has 1 N–H and O–H groups in total. The lowest BCUT2D eigenvalue weighted by Crippen LogP contribution is -2.22. The zero-order valence-electron chi connectivity index (χ0n) is 10.6. The van der Waals surface area contributed by atoms with E-state index in [1.54, 1.807) is 0 Å². The molecule has 86 valence electrons. The molecule has 1 heteroatoms. The summed E-state index contributed by atoms with van der Waals surface area (Å²) in [6.45, 7) is 11.0. The average Bonchev–Trinajstić information content (AvgIpc) is 2.10. The maximum absolute atomic E-state index is 9.85. The van der Waals surface area contributed by atoms with Crippen molar-refractivity contribution in [3.05, 3.63) is 0 Å². The first-order chi connectivity index (χ1) is 6.45. The molecule has 0 spiro atoms. The Bertz CT molecular complexity index is 129. The number of aliphatic hydroxyl groups is 1. The summed E-state index contributed by atoms with van der Waals surface area (Å²) < 4.78 is 0. The fraction of sp³-hybridized carbons (Fsp3) is 1.00. The van der Waals surface area contributed by atoms with Crippen molar-refractivity contribution in [2.75, 3.05) is 0 Å². The van der Waals surface area contributed by atoms with Crippen molar-refractivity contribution in [3.8, 4) is 0 Å². The second kappa shape index (κ2) is 7.28. The second-order valence-electron chi connectivity index (χ2n) is 5.35. The maximum Gasteiger partial charge on any atom is 0.0568 e. The first-order valence-corrected chi connectivity index (χ1v) is 6.13. The van der Waals surface area contributed by atoms with Crippen molar-refractivity contribution < 1.29 is 5.11 Å². The molecule has 1 nitrogen and oxygen atoms in total. The molecule has 0 bridgehead atoms. The van der Waals surface area contributed by atoms with Crippen LogP contribution < -0.4 is 0 Å². The van der Waals surface area contributed by atoms with E-state index < -0.39 is 0 Å². The predicted octanol–water partition coefficient (Wildman–Crippen LogP) is 3.86. The van der Waals surface area contributed by atoms with Gasteiger partial charge in [0.1, 0.15) is 0 Å². The van der Waals surface area contributed by atoms with E-state index >= 15 is 0 Å². The van der Waals surface area contributed by atoms with E-state index in [1.807, 2.05) is 0 Å². The van der Waals surface area contributed by atoms with Gasteiger partial charge in [0.15, 0.2) is 0 Å². The molecule has 0 aliphatic carbocycles. The molecular formula is C13H28O. The van der Waals surface area contributed by atoms with Gasteiger partial charge in [0.05, 0.1) is 6.10 Å².